The predicted octanol–water partition coefficient (Wildman–Crippen LogP) is -1.47. The molecule has 21 heavy (non-hydrogen) atoms. The van der Waals surface area contributed by atoms with Crippen LogP contribution in [0.2, 0.25) is 0 Å². The average molecular weight is 295 g/mol. The first-order chi connectivity index (χ1) is 9.86. The maximum Gasteiger partial charge on any atom is 0.332 e. The van der Waals surface area contributed by atoms with Crippen LogP contribution in [-0.2, 0) is 14.1 Å². The van der Waals surface area contributed by atoms with Crippen LogP contribution in [-0.4, -0.2) is 43.7 Å². The lowest BCUT2D eigenvalue weighted by Gasteiger charge is -2.14. The van der Waals surface area contributed by atoms with Crippen molar-refractivity contribution >= 4 is 22.9 Å². The van der Waals surface area contributed by atoms with Crippen molar-refractivity contribution in [2.45, 2.75) is 6.42 Å². The van der Waals surface area contributed by atoms with E-state index in [-0.39, 0.29) is 17.0 Å². The largest absolute Gasteiger partial charge is 0.409 e. The molecular weight excluding hydrogens is 278 g/mol. The van der Waals surface area contributed by atoms with Gasteiger partial charge < -0.3 is 20.8 Å². The van der Waals surface area contributed by atoms with E-state index < -0.39 is 11.2 Å². The smallest absolute Gasteiger partial charge is 0.332 e. The summed E-state index contributed by atoms with van der Waals surface area (Å²) in [5.74, 6) is 0.523. The molecule has 2 aromatic rings. The monoisotopic (exact) mass is 295 g/mol. The van der Waals surface area contributed by atoms with Gasteiger partial charge in [0.25, 0.3) is 5.56 Å². The summed E-state index contributed by atoms with van der Waals surface area (Å²) in [6.45, 7) is 0.435. The number of fused-ring (bicyclic) bond motifs is 1. The first-order valence-corrected chi connectivity index (χ1v) is 6.20. The van der Waals surface area contributed by atoms with Crippen LogP contribution in [0.25, 0.3) is 11.2 Å². The molecule has 2 rings (SSSR count). The van der Waals surface area contributed by atoms with Crippen LogP contribution in [0.1, 0.15) is 6.42 Å². The standard InChI is InChI=1S/C11H17N7O3/c1-16(5-4-6(12)15-21)10-13-7-8(14-10)17(2)11(20)18(3)9(7)19/h21H,4-5H2,1-3H3,(H2,12,15)(H,13,14). The molecule has 0 aliphatic carbocycles. The molecule has 0 bridgehead atoms. The molecule has 0 aliphatic rings. The second kappa shape index (κ2) is 5.31. The van der Waals surface area contributed by atoms with Crippen LogP contribution < -0.4 is 21.9 Å². The molecule has 0 saturated carbocycles. The first-order valence-electron chi connectivity index (χ1n) is 6.20. The van der Waals surface area contributed by atoms with Gasteiger partial charge in [-0.1, -0.05) is 5.16 Å². The number of nitrogens with two attached hydrogens (primary N) is 1. The number of imidazole rings is 1. The van der Waals surface area contributed by atoms with E-state index in [0.717, 1.165) is 4.57 Å². The summed E-state index contributed by atoms with van der Waals surface area (Å²) in [7, 11) is 4.70. The van der Waals surface area contributed by atoms with E-state index in [1.807, 2.05) is 0 Å². The SMILES string of the molecule is CN(CC/C(N)=N/O)c1nc2c([nH]1)c(=O)n(C)c(=O)n2C. The number of nitrogens with one attached hydrogen (secondary N) is 1. The normalized spacial score (nSPS) is 12.0. The number of anilines is 1. The molecule has 10 heteroatoms. The Kier molecular flexibility index (Phi) is 3.70. The molecule has 10 nitrogen and oxygen atoms in total. The second-order valence-corrected chi connectivity index (χ2v) is 4.73. The highest BCUT2D eigenvalue weighted by molar-refractivity contribution is 5.80. The van der Waals surface area contributed by atoms with Crippen molar-refractivity contribution in [3.05, 3.63) is 20.8 Å². The molecule has 0 aromatic carbocycles. The molecule has 2 heterocycles. The minimum atomic E-state index is -0.440. The average Bonchev–Trinajstić information content (AvgIpc) is 2.93. The number of hydrogen-bond donors (Lipinski definition) is 3. The zero-order chi connectivity index (χ0) is 15.7. The van der Waals surface area contributed by atoms with Crippen molar-refractivity contribution in [3.8, 4) is 0 Å². The molecule has 114 valence electrons. The lowest BCUT2D eigenvalue weighted by Crippen LogP contribution is -2.36. The number of aromatic amines is 1. The fraction of sp³-hybridized carbons (Fsp3) is 0.455. The molecule has 0 aliphatic heterocycles. The summed E-state index contributed by atoms with van der Waals surface area (Å²) in [6.07, 6.45) is 0.334. The Morgan fingerprint density at radius 2 is 2.10 bits per heavy atom. The van der Waals surface area contributed by atoms with Crippen LogP contribution in [0, 0.1) is 0 Å². The molecule has 4 N–H and O–H groups in total. The Balaban J connectivity index is 2.44. The van der Waals surface area contributed by atoms with E-state index in [1.165, 1.54) is 11.6 Å². The van der Waals surface area contributed by atoms with E-state index in [0.29, 0.717) is 18.9 Å². The Morgan fingerprint density at radius 1 is 1.43 bits per heavy atom. The minimum absolute atomic E-state index is 0.0984. The summed E-state index contributed by atoms with van der Waals surface area (Å²) in [5.41, 5.74) is 5.07. The van der Waals surface area contributed by atoms with E-state index in [4.69, 9.17) is 10.9 Å². The van der Waals surface area contributed by atoms with Crippen LogP contribution in [0.4, 0.5) is 5.95 Å². The topological polar surface area (TPSA) is 135 Å². The zero-order valence-electron chi connectivity index (χ0n) is 12.0. The molecule has 0 atom stereocenters. The second-order valence-electron chi connectivity index (χ2n) is 4.73. The molecule has 0 unspecified atom stereocenters. The Morgan fingerprint density at radius 3 is 2.71 bits per heavy atom. The molecular formula is C11H17N7O3. The highest BCUT2D eigenvalue weighted by Crippen LogP contribution is 2.12. The van der Waals surface area contributed by atoms with Crippen molar-refractivity contribution in [2.75, 3.05) is 18.5 Å². The van der Waals surface area contributed by atoms with Gasteiger partial charge in [-0.25, -0.2) is 4.79 Å². The van der Waals surface area contributed by atoms with Crippen molar-refractivity contribution in [3.63, 3.8) is 0 Å². The van der Waals surface area contributed by atoms with E-state index in [1.54, 1.807) is 19.0 Å². The predicted molar refractivity (Wildman–Crippen MR) is 77.9 cm³/mol. The summed E-state index contributed by atoms with van der Waals surface area (Å²) in [5, 5.41) is 11.4. The number of aryl methyl sites for hydroxylation is 1. The van der Waals surface area contributed by atoms with Gasteiger partial charge in [-0.15, -0.1) is 0 Å². The van der Waals surface area contributed by atoms with Gasteiger partial charge in [0.2, 0.25) is 5.95 Å². The van der Waals surface area contributed by atoms with Gasteiger partial charge in [0.15, 0.2) is 11.2 Å². The maximum atomic E-state index is 12.0. The van der Waals surface area contributed by atoms with Gasteiger partial charge in [-0.3, -0.25) is 13.9 Å². The summed E-state index contributed by atoms with van der Waals surface area (Å²) in [6, 6.07) is 0. The number of aromatic nitrogens is 4. The van der Waals surface area contributed by atoms with Crippen LogP contribution in [0.5, 0.6) is 0 Å². The van der Waals surface area contributed by atoms with E-state index >= 15 is 0 Å². The number of H-pyrrole nitrogens is 1. The van der Waals surface area contributed by atoms with Gasteiger partial charge in [0.1, 0.15) is 5.84 Å². The quantitative estimate of drug-likeness (QED) is 0.273. The Hall–Kier alpha value is -2.78. The van der Waals surface area contributed by atoms with Gasteiger partial charge in [-0.2, -0.15) is 4.98 Å². The molecule has 0 saturated heterocycles. The Labute approximate surface area is 119 Å². The fourth-order valence-electron chi connectivity index (χ4n) is 1.93. The third-order valence-corrected chi connectivity index (χ3v) is 3.28. The number of rotatable bonds is 4. The molecule has 0 amide bonds. The lowest BCUT2D eigenvalue weighted by molar-refractivity contribution is 0.317. The third-order valence-electron chi connectivity index (χ3n) is 3.28. The van der Waals surface area contributed by atoms with Crippen molar-refractivity contribution in [2.24, 2.45) is 25.0 Å². The van der Waals surface area contributed by atoms with Gasteiger partial charge in [0, 0.05) is 34.1 Å². The number of nitrogens with zero attached hydrogens (tertiary/aromatic N) is 5. The summed E-state index contributed by atoms with van der Waals surface area (Å²) >= 11 is 0. The van der Waals surface area contributed by atoms with Gasteiger partial charge >= 0.3 is 5.69 Å². The molecule has 2 aromatic heterocycles. The first kappa shape index (κ1) is 14.6. The Bertz CT molecular complexity index is 814. The van der Waals surface area contributed by atoms with Crippen LogP contribution >= 0.6 is 0 Å². The van der Waals surface area contributed by atoms with Crippen molar-refractivity contribution in [1.29, 1.82) is 0 Å². The zero-order valence-corrected chi connectivity index (χ0v) is 12.0. The highest BCUT2D eigenvalue weighted by atomic mass is 16.4. The van der Waals surface area contributed by atoms with Crippen molar-refractivity contribution in [1.82, 2.24) is 19.1 Å². The summed E-state index contributed by atoms with van der Waals surface area (Å²) in [4.78, 5) is 32.7. The lowest BCUT2D eigenvalue weighted by atomic mass is 10.4. The van der Waals surface area contributed by atoms with E-state index in [2.05, 4.69) is 15.1 Å². The third kappa shape index (κ3) is 2.47. The van der Waals surface area contributed by atoms with Crippen LogP contribution in [0.15, 0.2) is 14.7 Å². The highest BCUT2D eigenvalue weighted by Gasteiger charge is 2.15. The number of amidine groups is 1. The molecule has 0 spiro atoms. The number of oxime groups is 1. The van der Waals surface area contributed by atoms with E-state index in [9.17, 15) is 9.59 Å². The summed E-state index contributed by atoms with van der Waals surface area (Å²) < 4.78 is 2.31. The molecule has 0 fully saturated rings. The van der Waals surface area contributed by atoms with Crippen molar-refractivity contribution < 1.29 is 5.21 Å². The molecule has 0 radical (unpaired) electrons. The number of hydrogen-bond acceptors (Lipinski definition) is 6. The van der Waals surface area contributed by atoms with Gasteiger partial charge in [-0.05, 0) is 0 Å². The fourth-order valence-corrected chi connectivity index (χ4v) is 1.93. The maximum absolute atomic E-state index is 12.0. The minimum Gasteiger partial charge on any atom is -0.409 e. The van der Waals surface area contributed by atoms with Gasteiger partial charge in [0.05, 0.1) is 0 Å². The van der Waals surface area contributed by atoms with Crippen LogP contribution in [0.3, 0.4) is 0 Å².